The van der Waals surface area contributed by atoms with Crippen molar-refractivity contribution in [3.8, 4) is 0 Å². The molecule has 0 saturated carbocycles. The molecule has 0 radical (unpaired) electrons. The maximum Gasteiger partial charge on any atom is 0.0700 e. The Morgan fingerprint density at radius 1 is 1.44 bits per heavy atom. The number of nitrogens with one attached hydrogen (secondary N) is 1. The predicted molar refractivity (Wildman–Crippen MR) is 67.5 cm³/mol. The number of ether oxygens (including phenoxy) is 1. The van der Waals surface area contributed by atoms with E-state index < -0.39 is 0 Å². The Bertz CT molecular complexity index is 243. The van der Waals surface area contributed by atoms with Crippen molar-refractivity contribution < 1.29 is 4.74 Å². The lowest BCUT2D eigenvalue weighted by Gasteiger charge is -2.26. The Hall–Kier alpha value is -0.340. The highest BCUT2D eigenvalue weighted by atomic mass is 16.5. The van der Waals surface area contributed by atoms with Gasteiger partial charge in [-0.25, -0.2) is 0 Å². The second kappa shape index (κ2) is 5.83. The van der Waals surface area contributed by atoms with E-state index in [2.05, 4.69) is 25.2 Å². The Morgan fingerprint density at radius 3 is 3.00 bits per heavy atom. The molecule has 3 unspecified atom stereocenters. The van der Waals surface area contributed by atoms with Gasteiger partial charge in [-0.15, -0.1) is 0 Å². The summed E-state index contributed by atoms with van der Waals surface area (Å²) in [5.41, 5.74) is 1.57. The van der Waals surface area contributed by atoms with Crippen molar-refractivity contribution in [2.45, 2.75) is 45.6 Å². The van der Waals surface area contributed by atoms with Crippen LogP contribution >= 0.6 is 0 Å². The normalized spacial score (nSPS) is 35.1. The van der Waals surface area contributed by atoms with Gasteiger partial charge in [0.25, 0.3) is 0 Å². The van der Waals surface area contributed by atoms with Crippen molar-refractivity contribution in [2.75, 3.05) is 19.7 Å². The lowest BCUT2D eigenvalue weighted by Crippen LogP contribution is -2.32. The molecule has 2 nitrogen and oxygen atoms in total. The minimum atomic E-state index is 0.484. The summed E-state index contributed by atoms with van der Waals surface area (Å²) in [5, 5.41) is 3.59. The van der Waals surface area contributed by atoms with Gasteiger partial charge in [0.1, 0.15) is 0 Å². The van der Waals surface area contributed by atoms with Crippen LogP contribution < -0.4 is 5.32 Å². The van der Waals surface area contributed by atoms with Crippen molar-refractivity contribution in [2.24, 2.45) is 11.8 Å². The van der Waals surface area contributed by atoms with Gasteiger partial charge in [0.05, 0.1) is 6.10 Å². The Kier molecular flexibility index (Phi) is 4.42. The molecule has 0 aromatic carbocycles. The van der Waals surface area contributed by atoms with Crippen molar-refractivity contribution >= 4 is 0 Å². The highest BCUT2D eigenvalue weighted by molar-refractivity contribution is 5.06. The highest BCUT2D eigenvalue weighted by Gasteiger charge is 2.19. The van der Waals surface area contributed by atoms with Gasteiger partial charge in [0.15, 0.2) is 0 Å². The third-order valence-electron chi connectivity index (χ3n) is 3.71. The molecule has 1 saturated heterocycles. The largest absolute Gasteiger partial charge is 0.377 e. The van der Waals surface area contributed by atoms with Crippen LogP contribution in [-0.2, 0) is 4.74 Å². The molecule has 2 heteroatoms. The molecule has 1 heterocycles. The molecule has 3 atom stereocenters. The average molecular weight is 223 g/mol. The summed E-state index contributed by atoms with van der Waals surface area (Å²) in [6.45, 7) is 7.77. The molecule has 2 rings (SSSR count). The number of allylic oxidation sites excluding steroid dienone is 2. The van der Waals surface area contributed by atoms with Crippen molar-refractivity contribution in [3.63, 3.8) is 0 Å². The van der Waals surface area contributed by atoms with E-state index in [1.807, 2.05) is 0 Å². The maximum atomic E-state index is 5.61. The quantitative estimate of drug-likeness (QED) is 0.740. The molecule has 1 fully saturated rings. The van der Waals surface area contributed by atoms with Gasteiger partial charge in [0.2, 0.25) is 0 Å². The lowest BCUT2D eigenvalue weighted by molar-refractivity contribution is 0.109. The molecule has 0 bridgehead atoms. The molecule has 16 heavy (non-hydrogen) atoms. The molecule has 1 N–H and O–H groups in total. The van der Waals surface area contributed by atoms with Crippen LogP contribution in [0.2, 0.25) is 0 Å². The van der Waals surface area contributed by atoms with Crippen molar-refractivity contribution in [1.29, 1.82) is 0 Å². The second-order valence-corrected chi connectivity index (χ2v) is 5.59. The zero-order chi connectivity index (χ0) is 11.4. The van der Waals surface area contributed by atoms with E-state index in [1.165, 1.54) is 25.7 Å². The van der Waals surface area contributed by atoms with E-state index in [-0.39, 0.29) is 0 Å². The number of hydrogen-bond donors (Lipinski definition) is 1. The molecule has 1 aliphatic heterocycles. The smallest absolute Gasteiger partial charge is 0.0700 e. The standard InChI is InChI=1S/C14H25NO/c1-11-6-12(2)8-13(7-11)9-15-10-14-4-3-5-16-14/h6,11,13-15H,3-5,7-10H2,1-2H3. The second-order valence-electron chi connectivity index (χ2n) is 5.59. The Balaban J connectivity index is 1.64. The van der Waals surface area contributed by atoms with Crippen LogP contribution in [0.15, 0.2) is 11.6 Å². The van der Waals surface area contributed by atoms with Crippen molar-refractivity contribution in [1.82, 2.24) is 5.32 Å². The topological polar surface area (TPSA) is 21.3 Å². The van der Waals surface area contributed by atoms with Crippen LogP contribution in [0.1, 0.15) is 39.5 Å². The maximum absolute atomic E-state index is 5.61. The summed E-state index contributed by atoms with van der Waals surface area (Å²) in [4.78, 5) is 0. The Morgan fingerprint density at radius 2 is 2.31 bits per heavy atom. The van der Waals surface area contributed by atoms with Crippen LogP contribution in [0.3, 0.4) is 0 Å². The first-order valence-corrected chi connectivity index (χ1v) is 6.73. The van der Waals surface area contributed by atoms with E-state index in [0.717, 1.165) is 31.5 Å². The van der Waals surface area contributed by atoms with Crippen LogP contribution in [0.5, 0.6) is 0 Å². The molecule has 0 aromatic heterocycles. The van der Waals surface area contributed by atoms with Gasteiger partial charge in [0, 0.05) is 13.2 Å². The third kappa shape index (κ3) is 3.60. The first-order valence-electron chi connectivity index (χ1n) is 6.73. The van der Waals surface area contributed by atoms with Gasteiger partial charge in [-0.05, 0) is 51.0 Å². The zero-order valence-corrected chi connectivity index (χ0v) is 10.7. The summed E-state index contributed by atoms with van der Waals surface area (Å²) < 4.78 is 5.61. The van der Waals surface area contributed by atoms with E-state index in [9.17, 15) is 0 Å². The van der Waals surface area contributed by atoms with E-state index in [1.54, 1.807) is 5.57 Å². The van der Waals surface area contributed by atoms with E-state index in [0.29, 0.717) is 6.10 Å². The Labute approximate surface area is 99.4 Å². The monoisotopic (exact) mass is 223 g/mol. The van der Waals surface area contributed by atoms with E-state index >= 15 is 0 Å². The third-order valence-corrected chi connectivity index (χ3v) is 3.71. The van der Waals surface area contributed by atoms with Crippen LogP contribution in [0.25, 0.3) is 0 Å². The summed E-state index contributed by atoms with van der Waals surface area (Å²) in [7, 11) is 0. The average Bonchev–Trinajstić information content (AvgIpc) is 2.69. The molecular weight excluding hydrogens is 198 g/mol. The highest BCUT2D eigenvalue weighted by Crippen LogP contribution is 2.27. The molecular formula is C14H25NO. The molecule has 0 spiro atoms. The summed E-state index contributed by atoms with van der Waals surface area (Å²) in [6.07, 6.45) is 8.02. The number of hydrogen-bond acceptors (Lipinski definition) is 2. The molecule has 1 aliphatic carbocycles. The number of rotatable bonds is 4. The molecule has 2 aliphatic rings. The minimum absolute atomic E-state index is 0.484. The van der Waals surface area contributed by atoms with Crippen LogP contribution in [0.4, 0.5) is 0 Å². The van der Waals surface area contributed by atoms with Gasteiger partial charge < -0.3 is 10.1 Å². The predicted octanol–water partition coefficient (Wildman–Crippen LogP) is 2.75. The molecule has 92 valence electrons. The molecule has 0 amide bonds. The van der Waals surface area contributed by atoms with Gasteiger partial charge in [-0.3, -0.25) is 0 Å². The minimum Gasteiger partial charge on any atom is -0.377 e. The lowest BCUT2D eigenvalue weighted by atomic mass is 9.84. The van der Waals surface area contributed by atoms with Crippen LogP contribution in [-0.4, -0.2) is 25.8 Å². The van der Waals surface area contributed by atoms with Gasteiger partial charge >= 0.3 is 0 Å². The van der Waals surface area contributed by atoms with Crippen molar-refractivity contribution in [3.05, 3.63) is 11.6 Å². The van der Waals surface area contributed by atoms with Crippen LogP contribution in [0, 0.1) is 11.8 Å². The van der Waals surface area contributed by atoms with Gasteiger partial charge in [-0.1, -0.05) is 18.6 Å². The summed E-state index contributed by atoms with van der Waals surface area (Å²) in [6, 6.07) is 0. The summed E-state index contributed by atoms with van der Waals surface area (Å²) in [5.74, 6) is 1.60. The zero-order valence-electron chi connectivity index (χ0n) is 10.7. The molecule has 0 aromatic rings. The first-order chi connectivity index (χ1) is 7.74. The first kappa shape index (κ1) is 12.1. The van der Waals surface area contributed by atoms with Gasteiger partial charge in [-0.2, -0.15) is 0 Å². The fraction of sp³-hybridized carbons (Fsp3) is 0.857. The SMILES string of the molecule is CC1=CC(C)CC(CNCC2CCCO2)C1. The summed E-state index contributed by atoms with van der Waals surface area (Å²) >= 11 is 0. The van der Waals surface area contributed by atoms with E-state index in [4.69, 9.17) is 4.74 Å². The fourth-order valence-electron chi connectivity index (χ4n) is 3.10. The fourth-order valence-corrected chi connectivity index (χ4v) is 3.10.